The molecule has 1 aliphatic rings. The Balaban J connectivity index is 1.71. The number of aromatic nitrogens is 4. The number of halogens is 2. The lowest BCUT2D eigenvalue weighted by atomic mass is 10.00. The van der Waals surface area contributed by atoms with E-state index >= 15 is 4.39 Å². The van der Waals surface area contributed by atoms with Crippen molar-refractivity contribution in [2.75, 3.05) is 43.6 Å². The maximum atomic E-state index is 15.5. The molecule has 1 saturated heterocycles. The number of aliphatic hydroxyl groups is 1. The summed E-state index contributed by atoms with van der Waals surface area (Å²) in [6.07, 6.45) is 4.11. The van der Waals surface area contributed by atoms with Crippen LogP contribution in [0.3, 0.4) is 0 Å². The molecule has 0 aliphatic carbocycles. The van der Waals surface area contributed by atoms with Gasteiger partial charge in [0.15, 0.2) is 11.6 Å². The molecule has 13 heteroatoms. The highest BCUT2D eigenvalue weighted by Crippen LogP contribution is 2.43. The van der Waals surface area contributed by atoms with Gasteiger partial charge in [-0.1, -0.05) is 0 Å². The molecule has 0 bridgehead atoms. The summed E-state index contributed by atoms with van der Waals surface area (Å²) in [4.78, 5) is 39.4. The smallest absolute Gasteiger partial charge is 0.341 e. The van der Waals surface area contributed by atoms with Gasteiger partial charge in [0.05, 0.1) is 58.4 Å². The number of pyridine rings is 3. The van der Waals surface area contributed by atoms with Gasteiger partial charge in [-0.15, -0.1) is 0 Å². The van der Waals surface area contributed by atoms with Crippen molar-refractivity contribution in [1.29, 1.82) is 0 Å². The van der Waals surface area contributed by atoms with Gasteiger partial charge >= 0.3 is 5.97 Å². The molecule has 1 aliphatic heterocycles. The Kier molecular flexibility index (Phi) is 6.78. The first-order valence-electron chi connectivity index (χ1n) is 13.4. The van der Waals surface area contributed by atoms with Gasteiger partial charge in [-0.2, -0.15) is 0 Å². The number of fused-ring (bicyclic) bond motifs is 4. The number of morpholine rings is 1. The molecular weight excluding hydrogens is 550 g/mol. The molecule has 5 heterocycles. The Bertz CT molecular complexity index is 1960. The summed E-state index contributed by atoms with van der Waals surface area (Å²) in [6, 6.07) is 2.05. The molecule has 0 amide bonds. The van der Waals surface area contributed by atoms with Crippen molar-refractivity contribution in [2.24, 2.45) is 0 Å². The summed E-state index contributed by atoms with van der Waals surface area (Å²) in [6.45, 7) is 4.56. The number of hydrogen-bond donors (Lipinski definition) is 4. The Morgan fingerprint density at radius 2 is 2.05 bits per heavy atom. The normalized spacial score (nSPS) is 16.4. The maximum absolute atomic E-state index is 15.5. The number of carboxylic acid groups (broad SMARTS) is 1. The largest absolute Gasteiger partial charge is 0.477 e. The predicted octanol–water partition coefficient (Wildman–Crippen LogP) is 3.89. The molecule has 218 valence electrons. The van der Waals surface area contributed by atoms with Crippen LogP contribution in [0.4, 0.5) is 20.2 Å². The SMILES string of the molecule is CNc1cc(F)c(F)c2c1[nH]c1ncc(-c3cnc4c(c3)c(=O)c(C(=O)O)cn4C(C)CO)c(N3CCO[C@@H](C)C3)c12. The zero-order valence-corrected chi connectivity index (χ0v) is 23.0. The predicted molar refractivity (Wildman–Crippen MR) is 154 cm³/mol. The molecular formula is C29H28F2N6O5. The molecule has 1 fully saturated rings. The Labute approximate surface area is 237 Å². The molecule has 4 N–H and O–H groups in total. The summed E-state index contributed by atoms with van der Waals surface area (Å²) in [5.74, 6) is -3.46. The van der Waals surface area contributed by atoms with Gasteiger partial charge in [0.1, 0.15) is 16.9 Å². The fraction of sp³-hybridized carbons (Fsp3) is 0.310. The van der Waals surface area contributed by atoms with Crippen LogP contribution in [0, 0.1) is 11.6 Å². The Morgan fingerprint density at radius 3 is 2.74 bits per heavy atom. The van der Waals surface area contributed by atoms with E-state index < -0.39 is 34.6 Å². The van der Waals surface area contributed by atoms with Crippen LogP contribution in [0.2, 0.25) is 0 Å². The van der Waals surface area contributed by atoms with Gasteiger partial charge in [0, 0.05) is 55.9 Å². The average molecular weight is 579 g/mol. The zero-order valence-electron chi connectivity index (χ0n) is 23.0. The number of carbonyl (C=O) groups is 1. The van der Waals surface area contributed by atoms with Crippen LogP contribution in [-0.4, -0.2) is 75.2 Å². The van der Waals surface area contributed by atoms with Gasteiger partial charge in [0.25, 0.3) is 0 Å². The number of aliphatic hydroxyl groups excluding tert-OH is 1. The molecule has 1 unspecified atom stereocenters. The number of aromatic carboxylic acids is 1. The lowest BCUT2D eigenvalue weighted by Gasteiger charge is -2.34. The second kappa shape index (κ2) is 10.3. The Hall–Kier alpha value is -4.62. The van der Waals surface area contributed by atoms with Gasteiger partial charge in [-0.05, 0) is 19.9 Å². The van der Waals surface area contributed by atoms with E-state index in [1.54, 1.807) is 20.2 Å². The number of rotatable bonds is 6. The maximum Gasteiger partial charge on any atom is 0.341 e. The molecule has 0 saturated carbocycles. The van der Waals surface area contributed by atoms with Crippen molar-refractivity contribution in [2.45, 2.75) is 26.0 Å². The van der Waals surface area contributed by atoms with Gasteiger partial charge in [0.2, 0.25) is 5.43 Å². The monoisotopic (exact) mass is 578 g/mol. The second-order valence-electron chi connectivity index (χ2n) is 10.4. The first-order chi connectivity index (χ1) is 20.1. The zero-order chi connectivity index (χ0) is 29.9. The van der Waals surface area contributed by atoms with Crippen LogP contribution in [0.25, 0.3) is 44.1 Å². The molecule has 1 aromatic carbocycles. The third-order valence-corrected chi connectivity index (χ3v) is 7.74. The molecule has 2 atom stereocenters. The summed E-state index contributed by atoms with van der Waals surface area (Å²) in [5.41, 5.74) is 1.51. The van der Waals surface area contributed by atoms with E-state index in [2.05, 4.69) is 20.3 Å². The highest BCUT2D eigenvalue weighted by molar-refractivity contribution is 6.18. The number of nitrogens with one attached hydrogen (secondary N) is 2. The third kappa shape index (κ3) is 4.23. The standard InChI is InChI=1S/C29H28F2N6O5/c1-13(12-38)37-11-18(29(40)41)26(39)16-6-15(8-34-28(16)37)17-9-33-27-22(25(17)36-4-5-42-14(2)10-36)21-23(31)19(30)7-20(32-3)24(21)35-27/h6-9,11,13-14,32,38H,4-5,10,12H2,1-3H3,(H,33,35)(H,40,41)/t13?,14-/m0/s1. The van der Waals surface area contributed by atoms with Gasteiger partial charge < -0.3 is 34.7 Å². The van der Waals surface area contributed by atoms with Gasteiger partial charge in [-0.3, -0.25) is 4.79 Å². The molecule has 42 heavy (non-hydrogen) atoms. The molecule has 0 spiro atoms. The Morgan fingerprint density at radius 1 is 1.26 bits per heavy atom. The van der Waals surface area contributed by atoms with E-state index in [1.165, 1.54) is 23.0 Å². The van der Waals surface area contributed by atoms with Crippen LogP contribution in [-0.2, 0) is 4.74 Å². The topological polar surface area (TPSA) is 146 Å². The van der Waals surface area contributed by atoms with Crippen molar-refractivity contribution in [3.05, 3.63) is 58.1 Å². The van der Waals surface area contributed by atoms with E-state index in [0.717, 1.165) is 6.07 Å². The van der Waals surface area contributed by atoms with E-state index in [-0.39, 0.29) is 29.1 Å². The number of benzene rings is 1. The van der Waals surface area contributed by atoms with E-state index in [1.807, 2.05) is 11.8 Å². The summed E-state index contributed by atoms with van der Waals surface area (Å²) < 4.78 is 37.6. The number of nitrogens with zero attached hydrogens (tertiary/aromatic N) is 4. The fourth-order valence-corrected chi connectivity index (χ4v) is 5.66. The average Bonchev–Trinajstić information content (AvgIpc) is 3.38. The van der Waals surface area contributed by atoms with Crippen LogP contribution >= 0.6 is 0 Å². The minimum atomic E-state index is -1.41. The summed E-state index contributed by atoms with van der Waals surface area (Å²) in [5, 5.41) is 22.8. The molecule has 5 aromatic rings. The lowest BCUT2D eigenvalue weighted by molar-refractivity contribution is 0.0533. The highest BCUT2D eigenvalue weighted by Gasteiger charge is 2.28. The van der Waals surface area contributed by atoms with Gasteiger partial charge in [-0.25, -0.2) is 23.5 Å². The van der Waals surface area contributed by atoms with Crippen molar-refractivity contribution in [1.82, 2.24) is 19.5 Å². The molecule has 0 radical (unpaired) electrons. The van der Waals surface area contributed by atoms with Crippen LogP contribution in [0.1, 0.15) is 30.2 Å². The van der Waals surface area contributed by atoms with Crippen molar-refractivity contribution < 1.29 is 28.5 Å². The first-order valence-corrected chi connectivity index (χ1v) is 13.4. The lowest BCUT2D eigenvalue weighted by Crippen LogP contribution is -2.41. The quantitative estimate of drug-likeness (QED) is 0.236. The second-order valence-corrected chi connectivity index (χ2v) is 10.4. The van der Waals surface area contributed by atoms with Crippen molar-refractivity contribution >= 4 is 50.3 Å². The van der Waals surface area contributed by atoms with Crippen molar-refractivity contribution in [3.63, 3.8) is 0 Å². The van der Waals surface area contributed by atoms with E-state index in [9.17, 15) is 24.2 Å². The number of hydrogen-bond acceptors (Lipinski definition) is 8. The highest BCUT2D eigenvalue weighted by atomic mass is 19.2. The number of anilines is 2. The third-order valence-electron chi connectivity index (χ3n) is 7.74. The first kappa shape index (κ1) is 27.5. The molecule has 6 rings (SSSR count). The van der Waals surface area contributed by atoms with Crippen LogP contribution in [0.5, 0.6) is 0 Å². The van der Waals surface area contributed by atoms with E-state index in [4.69, 9.17) is 4.74 Å². The number of aromatic amines is 1. The molecule has 11 nitrogen and oxygen atoms in total. The summed E-state index contributed by atoms with van der Waals surface area (Å²) >= 11 is 0. The molecule has 4 aromatic heterocycles. The number of carboxylic acids is 1. The minimum Gasteiger partial charge on any atom is -0.477 e. The number of H-pyrrole nitrogens is 1. The fourth-order valence-electron chi connectivity index (χ4n) is 5.66. The van der Waals surface area contributed by atoms with Crippen molar-refractivity contribution in [3.8, 4) is 11.1 Å². The minimum absolute atomic E-state index is 0.0267. The van der Waals surface area contributed by atoms with E-state index in [0.29, 0.717) is 58.7 Å². The number of ether oxygens (including phenoxy) is 1. The van der Waals surface area contributed by atoms with Crippen LogP contribution < -0.4 is 15.6 Å². The van der Waals surface area contributed by atoms with Crippen LogP contribution in [0.15, 0.2) is 35.5 Å². The summed E-state index contributed by atoms with van der Waals surface area (Å²) in [7, 11) is 1.61.